The van der Waals surface area contributed by atoms with Gasteiger partial charge in [0, 0.05) is 17.5 Å². The summed E-state index contributed by atoms with van der Waals surface area (Å²) in [7, 11) is 0. The first-order chi connectivity index (χ1) is 6.63. The predicted molar refractivity (Wildman–Crippen MR) is 66.7 cm³/mol. The number of nitrogens with one attached hydrogen (secondary N) is 1. The van der Waals surface area contributed by atoms with Crippen LogP contribution in [0.5, 0.6) is 0 Å². The lowest BCUT2D eigenvalue weighted by molar-refractivity contribution is 0.915. The summed E-state index contributed by atoms with van der Waals surface area (Å²) in [5.74, 6) is 1.07. The molecule has 0 heterocycles. The van der Waals surface area contributed by atoms with Gasteiger partial charge in [0.2, 0.25) is 0 Å². The Labute approximate surface area is 89.2 Å². The number of rotatable bonds is 4. The Hall–Kier alpha value is -1.03. The van der Waals surface area contributed by atoms with Crippen LogP contribution in [-0.4, -0.2) is 18.1 Å². The van der Waals surface area contributed by atoms with E-state index in [9.17, 15) is 0 Å². The van der Waals surface area contributed by atoms with Crippen LogP contribution in [0.15, 0.2) is 18.2 Å². The molecule has 78 valence electrons. The number of thioether (sulfide) groups is 1. The molecule has 14 heavy (non-hydrogen) atoms. The standard InChI is InChI=1S/C10H17N3S/c1-7(6-14-2)13-8-3-4-9(11)10(12)5-8/h3-5,7,13H,6,11-12H2,1-2H3. The Bertz CT molecular complexity index is 301. The van der Waals surface area contributed by atoms with Crippen molar-refractivity contribution in [2.75, 3.05) is 28.8 Å². The van der Waals surface area contributed by atoms with Gasteiger partial charge in [0.25, 0.3) is 0 Å². The molecule has 0 radical (unpaired) electrons. The summed E-state index contributed by atoms with van der Waals surface area (Å²) < 4.78 is 0. The number of nitrogens with two attached hydrogens (primary N) is 2. The molecule has 1 aromatic rings. The van der Waals surface area contributed by atoms with Gasteiger partial charge in [-0.25, -0.2) is 0 Å². The molecule has 0 aliphatic heterocycles. The number of nitrogen functional groups attached to an aromatic ring is 2. The van der Waals surface area contributed by atoms with Gasteiger partial charge in [-0.2, -0.15) is 11.8 Å². The maximum absolute atomic E-state index is 5.70. The summed E-state index contributed by atoms with van der Waals surface area (Å²) in [5, 5.41) is 3.35. The van der Waals surface area contributed by atoms with E-state index in [0.717, 1.165) is 11.4 Å². The molecule has 0 saturated carbocycles. The molecular weight excluding hydrogens is 194 g/mol. The third kappa shape index (κ3) is 3.03. The normalized spacial score (nSPS) is 12.4. The lowest BCUT2D eigenvalue weighted by Crippen LogP contribution is -2.17. The molecular formula is C10H17N3S. The van der Waals surface area contributed by atoms with Gasteiger partial charge in [-0.3, -0.25) is 0 Å². The number of hydrogen-bond donors (Lipinski definition) is 3. The summed E-state index contributed by atoms with van der Waals surface area (Å²) >= 11 is 1.82. The van der Waals surface area contributed by atoms with Gasteiger partial charge >= 0.3 is 0 Å². The Morgan fingerprint density at radius 1 is 1.36 bits per heavy atom. The fourth-order valence-corrected chi connectivity index (χ4v) is 1.82. The molecule has 0 aliphatic rings. The number of benzene rings is 1. The molecule has 0 aliphatic carbocycles. The van der Waals surface area contributed by atoms with Crippen molar-refractivity contribution < 1.29 is 0 Å². The van der Waals surface area contributed by atoms with Crippen LogP contribution in [-0.2, 0) is 0 Å². The molecule has 1 rings (SSSR count). The first-order valence-corrected chi connectivity index (χ1v) is 5.93. The van der Waals surface area contributed by atoms with Gasteiger partial charge in [-0.15, -0.1) is 0 Å². The molecule has 5 N–H and O–H groups in total. The highest BCUT2D eigenvalue weighted by Crippen LogP contribution is 2.20. The fraction of sp³-hybridized carbons (Fsp3) is 0.400. The zero-order valence-electron chi connectivity index (χ0n) is 8.58. The monoisotopic (exact) mass is 211 g/mol. The van der Waals surface area contributed by atoms with E-state index in [-0.39, 0.29) is 0 Å². The van der Waals surface area contributed by atoms with Crippen molar-refractivity contribution in [2.45, 2.75) is 13.0 Å². The van der Waals surface area contributed by atoms with E-state index in [2.05, 4.69) is 18.5 Å². The molecule has 0 bridgehead atoms. The van der Waals surface area contributed by atoms with Gasteiger partial charge in [0.1, 0.15) is 0 Å². The maximum Gasteiger partial charge on any atom is 0.0568 e. The van der Waals surface area contributed by atoms with E-state index in [0.29, 0.717) is 17.4 Å². The zero-order chi connectivity index (χ0) is 10.6. The first-order valence-electron chi connectivity index (χ1n) is 4.54. The quantitative estimate of drug-likeness (QED) is 0.667. The fourth-order valence-electron chi connectivity index (χ4n) is 1.24. The molecule has 0 amide bonds. The van der Waals surface area contributed by atoms with Gasteiger partial charge in [0.15, 0.2) is 0 Å². The third-order valence-corrected chi connectivity index (χ3v) is 2.75. The molecule has 0 saturated heterocycles. The van der Waals surface area contributed by atoms with Crippen LogP contribution in [0.25, 0.3) is 0 Å². The van der Waals surface area contributed by atoms with Crippen molar-refractivity contribution in [3.8, 4) is 0 Å². The summed E-state index contributed by atoms with van der Waals surface area (Å²) in [6.45, 7) is 2.14. The molecule has 0 aromatic heterocycles. The van der Waals surface area contributed by atoms with Crippen molar-refractivity contribution in [2.24, 2.45) is 0 Å². The zero-order valence-corrected chi connectivity index (χ0v) is 9.40. The SMILES string of the molecule is CSCC(C)Nc1ccc(N)c(N)c1. The van der Waals surface area contributed by atoms with Gasteiger partial charge in [-0.05, 0) is 31.4 Å². The van der Waals surface area contributed by atoms with E-state index in [4.69, 9.17) is 11.5 Å². The van der Waals surface area contributed by atoms with E-state index in [1.165, 1.54) is 0 Å². The van der Waals surface area contributed by atoms with Crippen molar-refractivity contribution in [3.63, 3.8) is 0 Å². The van der Waals surface area contributed by atoms with Gasteiger partial charge in [-0.1, -0.05) is 0 Å². The van der Waals surface area contributed by atoms with Crippen LogP contribution in [0.3, 0.4) is 0 Å². The van der Waals surface area contributed by atoms with Crippen LogP contribution in [0.4, 0.5) is 17.1 Å². The smallest absolute Gasteiger partial charge is 0.0568 e. The third-order valence-electron chi connectivity index (χ3n) is 1.92. The lowest BCUT2D eigenvalue weighted by Gasteiger charge is -2.14. The molecule has 4 heteroatoms. The highest BCUT2D eigenvalue weighted by Gasteiger charge is 2.01. The lowest BCUT2D eigenvalue weighted by atomic mass is 10.2. The average molecular weight is 211 g/mol. The Morgan fingerprint density at radius 3 is 2.64 bits per heavy atom. The summed E-state index contributed by atoms with van der Waals surface area (Å²) in [4.78, 5) is 0. The predicted octanol–water partition coefficient (Wildman–Crippen LogP) is 2.01. The Morgan fingerprint density at radius 2 is 2.07 bits per heavy atom. The second-order valence-corrected chi connectivity index (χ2v) is 4.26. The molecule has 0 spiro atoms. The van der Waals surface area contributed by atoms with Gasteiger partial charge in [0.05, 0.1) is 11.4 Å². The van der Waals surface area contributed by atoms with Crippen LogP contribution in [0, 0.1) is 0 Å². The Kier molecular flexibility index (Phi) is 3.95. The van der Waals surface area contributed by atoms with Crippen LogP contribution >= 0.6 is 11.8 Å². The molecule has 0 fully saturated rings. The van der Waals surface area contributed by atoms with Crippen LogP contribution in [0.2, 0.25) is 0 Å². The van der Waals surface area contributed by atoms with Crippen LogP contribution < -0.4 is 16.8 Å². The van der Waals surface area contributed by atoms with Crippen molar-refractivity contribution >= 4 is 28.8 Å². The second kappa shape index (κ2) is 5.00. The highest BCUT2D eigenvalue weighted by atomic mass is 32.2. The number of anilines is 3. The molecule has 3 nitrogen and oxygen atoms in total. The summed E-state index contributed by atoms with van der Waals surface area (Å²) in [6, 6.07) is 6.08. The maximum atomic E-state index is 5.70. The van der Waals surface area contributed by atoms with E-state index >= 15 is 0 Å². The van der Waals surface area contributed by atoms with E-state index in [1.54, 1.807) is 0 Å². The minimum absolute atomic E-state index is 0.438. The van der Waals surface area contributed by atoms with E-state index < -0.39 is 0 Å². The number of hydrogen-bond acceptors (Lipinski definition) is 4. The highest BCUT2D eigenvalue weighted by molar-refractivity contribution is 7.98. The minimum Gasteiger partial charge on any atom is -0.397 e. The summed E-state index contributed by atoms with van der Waals surface area (Å²) in [6.07, 6.45) is 2.09. The largest absolute Gasteiger partial charge is 0.397 e. The Balaban J connectivity index is 2.63. The molecule has 1 aromatic carbocycles. The average Bonchev–Trinajstić information content (AvgIpc) is 2.12. The summed E-state index contributed by atoms with van der Waals surface area (Å²) in [5.41, 5.74) is 13.6. The molecule has 1 unspecified atom stereocenters. The molecule has 1 atom stereocenters. The van der Waals surface area contributed by atoms with Crippen molar-refractivity contribution in [3.05, 3.63) is 18.2 Å². The van der Waals surface area contributed by atoms with Gasteiger partial charge < -0.3 is 16.8 Å². The van der Waals surface area contributed by atoms with Crippen molar-refractivity contribution in [1.29, 1.82) is 0 Å². The van der Waals surface area contributed by atoms with Crippen LogP contribution in [0.1, 0.15) is 6.92 Å². The van der Waals surface area contributed by atoms with E-state index in [1.807, 2.05) is 30.0 Å². The topological polar surface area (TPSA) is 64.1 Å². The van der Waals surface area contributed by atoms with Crippen molar-refractivity contribution in [1.82, 2.24) is 0 Å². The second-order valence-electron chi connectivity index (χ2n) is 3.34. The first kappa shape index (κ1) is 11.0. The minimum atomic E-state index is 0.438.